The topological polar surface area (TPSA) is 138 Å². The highest BCUT2D eigenvalue weighted by atomic mass is 35.5. The first kappa shape index (κ1) is 24.7. The van der Waals surface area contributed by atoms with Crippen molar-refractivity contribution in [1.82, 2.24) is 0 Å². The molecule has 0 aliphatic carbocycles. The molecule has 3 aromatic rings. The third kappa shape index (κ3) is 5.52. The number of esters is 1. The molecule has 1 unspecified atom stereocenters. The summed E-state index contributed by atoms with van der Waals surface area (Å²) in [7, 11) is 1.51. The van der Waals surface area contributed by atoms with Gasteiger partial charge in [-0.25, -0.2) is 4.79 Å². The van der Waals surface area contributed by atoms with E-state index in [1.54, 1.807) is 25.1 Å². The van der Waals surface area contributed by atoms with Crippen LogP contribution in [0.3, 0.4) is 0 Å². The number of ether oxygens (including phenoxy) is 2. The zero-order valence-electron chi connectivity index (χ0n) is 18.5. The van der Waals surface area contributed by atoms with Crippen LogP contribution in [0.25, 0.3) is 11.0 Å². The van der Waals surface area contributed by atoms with E-state index in [4.69, 9.17) is 25.5 Å². The van der Waals surface area contributed by atoms with Crippen LogP contribution in [0.1, 0.15) is 24.5 Å². The zero-order chi connectivity index (χ0) is 25.0. The summed E-state index contributed by atoms with van der Waals surface area (Å²) in [6.45, 7) is 3.10. The Morgan fingerprint density at radius 3 is 2.65 bits per heavy atom. The second-order valence-electron chi connectivity index (χ2n) is 7.40. The second-order valence-corrected chi connectivity index (χ2v) is 7.80. The number of hydrogen-bond acceptors (Lipinski definition) is 8. The van der Waals surface area contributed by atoms with Crippen molar-refractivity contribution in [2.24, 2.45) is 0 Å². The van der Waals surface area contributed by atoms with Gasteiger partial charge in [-0.15, -0.1) is 0 Å². The van der Waals surface area contributed by atoms with E-state index in [-0.39, 0.29) is 29.2 Å². The maximum atomic E-state index is 12.4. The summed E-state index contributed by atoms with van der Waals surface area (Å²) < 4.78 is 15.6. The number of nitro benzene ring substituents is 1. The Balaban J connectivity index is 1.64. The smallest absolute Gasteiger partial charge is 0.339 e. The molecule has 0 aliphatic rings. The Morgan fingerprint density at radius 2 is 1.97 bits per heavy atom. The Hall–Kier alpha value is -3.92. The minimum absolute atomic E-state index is 0.0183. The molecule has 3 rings (SSSR count). The SMILES string of the molecule is COc1ccc2c(C)c(CCC(=O)OC(C)C(=O)Nc3cc([N+](=O)[O-])ccc3Cl)c(=O)oc2c1. The van der Waals surface area contributed by atoms with E-state index in [1.807, 2.05) is 0 Å². The van der Waals surface area contributed by atoms with E-state index in [9.17, 15) is 24.5 Å². The molecular weight excluding hydrogens is 468 g/mol. The van der Waals surface area contributed by atoms with E-state index in [0.717, 1.165) is 6.07 Å². The normalized spacial score (nSPS) is 11.6. The Bertz CT molecular complexity index is 1330. The number of nitrogens with zero attached hydrogens (tertiary/aromatic N) is 1. The Kier molecular flexibility index (Phi) is 7.52. The van der Waals surface area contributed by atoms with Crippen LogP contribution >= 0.6 is 11.6 Å². The number of aryl methyl sites for hydroxylation is 1. The van der Waals surface area contributed by atoms with Crippen molar-refractivity contribution >= 4 is 45.8 Å². The van der Waals surface area contributed by atoms with E-state index < -0.39 is 28.5 Å². The summed E-state index contributed by atoms with van der Waals surface area (Å²) in [6, 6.07) is 8.69. The predicted molar refractivity (Wildman–Crippen MR) is 124 cm³/mol. The third-order valence-corrected chi connectivity index (χ3v) is 5.50. The maximum absolute atomic E-state index is 12.4. The lowest BCUT2D eigenvalue weighted by atomic mass is 10.0. The molecule has 178 valence electrons. The van der Waals surface area contributed by atoms with Crippen molar-refractivity contribution in [3.05, 3.63) is 73.1 Å². The molecule has 0 saturated heterocycles. The van der Waals surface area contributed by atoms with Crippen molar-refractivity contribution in [2.45, 2.75) is 32.8 Å². The van der Waals surface area contributed by atoms with Crippen LogP contribution in [0.15, 0.2) is 45.6 Å². The number of amides is 1. The highest BCUT2D eigenvalue weighted by molar-refractivity contribution is 6.33. The van der Waals surface area contributed by atoms with Gasteiger partial charge in [-0.1, -0.05) is 11.6 Å². The van der Waals surface area contributed by atoms with Gasteiger partial charge in [0.1, 0.15) is 11.3 Å². The first-order valence-corrected chi connectivity index (χ1v) is 10.5. The summed E-state index contributed by atoms with van der Waals surface area (Å²) in [5, 5.41) is 14.1. The highest BCUT2D eigenvalue weighted by Gasteiger charge is 2.21. The molecule has 0 radical (unpaired) electrons. The summed E-state index contributed by atoms with van der Waals surface area (Å²) in [6.07, 6.45) is -1.31. The number of fused-ring (bicyclic) bond motifs is 1. The van der Waals surface area contributed by atoms with Gasteiger partial charge in [0.05, 0.1) is 22.7 Å². The summed E-state index contributed by atoms with van der Waals surface area (Å²) in [4.78, 5) is 47.4. The third-order valence-electron chi connectivity index (χ3n) is 5.17. The standard InChI is InChI=1S/C23H21ClN2O8/c1-12-16-6-5-15(32-3)11-20(16)34-23(29)17(12)7-9-21(27)33-13(2)22(28)25-19-10-14(26(30)31)4-8-18(19)24/h4-6,8,10-11,13H,7,9H2,1-3H3,(H,25,28). The van der Waals surface area contributed by atoms with Gasteiger partial charge in [-0.3, -0.25) is 19.7 Å². The summed E-state index contributed by atoms with van der Waals surface area (Å²) in [5.74, 6) is -0.877. The fourth-order valence-corrected chi connectivity index (χ4v) is 3.45. The molecule has 11 heteroatoms. The first-order chi connectivity index (χ1) is 16.1. The van der Waals surface area contributed by atoms with Crippen LogP contribution in [0.5, 0.6) is 5.75 Å². The zero-order valence-corrected chi connectivity index (χ0v) is 19.3. The van der Waals surface area contributed by atoms with E-state index in [2.05, 4.69) is 5.32 Å². The number of methoxy groups -OCH3 is 1. The summed E-state index contributed by atoms with van der Waals surface area (Å²) in [5.41, 5.74) is 0.565. The predicted octanol–water partition coefficient (Wildman–Crippen LogP) is 4.17. The quantitative estimate of drug-likeness (QED) is 0.216. The number of hydrogen-bond donors (Lipinski definition) is 1. The number of nitrogens with one attached hydrogen (secondary N) is 1. The van der Waals surface area contributed by atoms with Gasteiger partial charge in [-0.2, -0.15) is 0 Å². The monoisotopic (exact) mass is 488 g/mol. The fourth-order valence-electron chi connectivity index (χ4n) is 3.28. The number of anilines is 1. The Morgan fingerprint density at radius 1 is 1.24 bits per heavy atom. The number of carbonyl (C=O) groups is 2. The molecule has 1 atom stereocenters. The van der Waals surface area contributed by atoms with Gasteiger partial charge in [0.2, 0.25) is 0 Å². The minimum atomic E-state index is -1.20. The van der Waals surface area contributed by atoms with Crippen LogP contribution in [-0.2, 0) is 20.7 Å². The number of benzene rings is 2. The van der Waals surface area contributed by atoms with Crippen molar-refractivity contribution in [1.29, 1.82) is 0 Å². The van der Waals surface area contributed by atoms with E-state index >= 15 is 0 Å². The van der Waals surface area contributed by atoms with Crippen molar-refractivity contribution in [3.8, 4) is 5.75 Å². The average molecular weight is 489 g/mol. The molecule has 0 aliphatic heterocycles. The maximum Gasteiger partial charge on any atom is 0.339 e. The number of carbonyl (C=O) groups excluding carboxylic acids is 2. The molecular formula is C23H21ClN2O8. The lowest BCUT2D eigenvalue weighted by molar-refractivity contribution is -0.384. The minimum Gasteiger partial charge on any atom is -0.497 e. The second kappa shape index (κ2) is 10.3. The lowest BCUT2D eigenvalue weighted by Crippen LogP contribution is -2.30. The van der Waals surface area contributed by atoms with Gasteiger partial charge >= 0.3 is 11.6 Å². The van der Waals surface area contributed by atoms with Crippen molar-refractivity contribution in [3.63, 3.8) is 0 Å². The number of rotatable bonds is 8. The number of halogens is 1. The van der Waals surface area contributed by atoms with Gasteiger partial charge in [0.25, 0.3) is 11.6 Å². The summed E-state index contributed by atoms with van der Waals surface area (Å²) >= 11 is 5.97. The van der Waals surface area contributed by atoms with Crippen LogP contribution in [-0.4, -0.2) is 30.0 Å². The number of nitro groups is 1. The van der Waals surface area contributed by atoms with E-state index in [1.165, 1.54) is 26.2 Å². The molecule has 1 N–H and O–H groups in total. The molecule has 1 amide bonds. The van der Waals surface area contributed by atoms with Gasteiger partial charge in [-0.05, 0) is 44.0 Å². The molecule has 0 bridgehead atoms. The molecule has 10 nitrogen and oxygen atoms in total. The lowest BCUT2D eigenvalue weighted by Gasteiger charge is -2.14. The number of non-ortho nitro benzene ring substituents is 1. The van der Waals surface area contributed by atoms with Crippen LogP contribution in [0.2, 0.25) is 5.02 Å². The molecule has 0 spiro atoms. The van der Waals surface area contributed by atoms with Crippen LogP contribution in [0, 0.1) is 17.0 Å². The van der Waals surface area contributed by atoms with E-state index in [0.29, 0.717) is 27.8 Å². The van der Waals surface area contributed by atoms with Crippen LogP contribution in [0.4, 0.5) is 11.4 Å². The first-order valence-electron chi connectivity index (χ1n) is 10.1. The highest BCUT2D eigenvalue weighted by Crippen LogP contribution is 2.27. The molecule has 1 aromatic heterocycles. The van der Waals surface area contributed by atoms with Crippen LogP contribution < -0.4 is 15.7 Å². The largest absolute Gasteiger partial charge is 0.497 e. The molecule has 1 heterocycles. The Labute approximate surface area is 198 Å². The van der Waals surface area contributed by atoms with Gasteiger partial charge in [0, 0.05) is 35.6 Å². The van der Waals surface area contributed by atoms with Gasteiger partial charge < -0.3 is 19.2 Å². The molecule has 34 heavy (non-hydrogen) atoms. The van der Waals surface area contributed by atoms with Gasteiger partial charge in [0.15, 0.2) is 6.10 Å². The molecule has 0 fully saturated rings. The fraction of sp³-hybridized carbons (Fsp3) is 0.261. The van der Waals surface area contributed by atoms with Crippen molar-refractivity contribution < 1.29 is 28.4 Å². The molecule has 2 aromatic carbocycles. The van der Waals surface area contributed by atoms with Crippen molar-refractivity contribution in [2.75, 3.05) is 12.4 Å². The average Bonchev–Trinajstić information content (AvgIpc) is 2.79. The molecule has 0 saturated carbocycles.